The molecule has 0 bridgehead atoms. The monoisotopic (exact) mass is 343 g/mol. The summed E-state index contributed by atoms with van der Waals surface area (Å²) in [4.78, 5) is 6.76. The van der Waals surface area contributed by atoms with E-state index in [9.17, 15) is 0 Å². The number of benzene rings is 1. The molecule has 134 valence electrons. The Morgan fingerprint density at radius 1 is 1.28 bits per heavy atom. The molecule has 2 aromatic rings. The highest BCUT2D eigenvalue weighted by Gasteiger charge is 2.41. The molecule has 0 N–H and O–H groups in total. The van der Waals surface area contributed by atoms with Crippen molar-refractivity contribution < 1.29 is 14.0 Å². The third kappa shape index (κ3) is 4.08. The minimum Gasteiger partial charge on any atom is -0.375 e. The second-order valence-corrected chi connectivity index (χ2v) is 6.96. The Labute approximate surface area is 148 Å². The van der Waals surface area contributed by atoms with Crippen molar-refractivity contribution >= 4 is 0 Å². The summed E-state index contributed by atoms with van der Waals surface area (Å²) in [7, 11) is 0. The predicted molar refractivity (Wildman–Crippen MR) is 91.9 cm³/mol. The molecular weight excluding hydrogens is 318 g/mol. The van der Waals surface area contributed by atoms with Gasteiger partial charge in [-0.15, -0.1) is 0 Å². The Bertz CT molecular complexity index is 676. The van der Waals surface area contributed by atoms with Gasteiger partial charge in [-0.1, -0.05) is 35.5 Å². The van der Waals surface area contributed by atoms with Gasteiger partial charge in [0.15, 0.2) is 0 Å². The van der Waals surface area contributed by atoms with Crippen LogP contribution in [-0.2, 0) is 16.1 Å². The van der Waals surface area contributed by atoms with Crippen LogP contribution in [0, 0.1) is 12.8 Å². The third-order valence-corrected chi connectivity index (χ3v) is 5.13. The molecule has 25 heavy (non-hydrogen) atoms. The van der Waals surface area contributed by atoms with Crippen LogP contribution < -0.4 is 0 Å². The van der Waals surface area contributed by atoms with Crippen LogP contribution >= 0.6 is 0 Å². The van der Waals surface area contributed by atoms with Crippen LogP contribution in [0.15, 0.2) is 34.9 Å². The second-order valence-electron chi connectivity index (χ2n) is 6.96. The highest BCUT2D eigenvalue weighted by molar-refractivity contribution is 5.13. The first-order chi connectivity index (χ1) is 12.3. The second kappa shape index (κ2) is 7.64. The zero-order valence-electron chi connectivity index (χ0n) is 14.6. The number of hydrogen-bond donors (Lipinski definition) is 0. The van der Waals surface area contributed by atoms with E-state index in [1.54, 1.807) is 0 Å². The SMILES string of the molecule is Cc1nc([C@@H]2C[C@@H]3CCN(CCOCc4ccccc4)C[C@H]3O2)no1. The van der Waals surface area contributed by atoms with Gasteiger partial charge in [0, 0.05) is 20.0 Å². The summed E-state index contributed by atoms with van der Waals surface area (Å²) < 4.78 is 17.1. The fraction of sp³-hybridized carbons (Fsp3) is 0.579. The van der Waals surface area contributed by atoms with Gasteiger partial charge in [0.2, 0.25) is 11.7 Å². The molecule has 0 aliphatic carbocycles. The van der Waals surface area contributed by atoms with Gasteiger partial charge in [-0.25, -0.2) is 0 Å². The Hall–Kier alpha value is -1.76. The van der Waals surface area contributed by atoms with E-state index < -0.39 is 0 Å². The summed E-state index contributed by atoms with van der Waals surface area (Å²) in [6, 6.07) is 10.3. The summed E-state index contributed by atoms with van der Waals surface area (Å²) in [5.74, 6) is 1.90. The number of likely N-dealkylation sites (tertiary alicyclic amines) is 1. The van der Waals surface area contributed by atoms with Gasteiger partial charge in [0.1, 0.15) is 6.10 Å². The van der Waals surface area contributed by atoms with Crippen LogP contribution in [0.4, 0.5) is 0 Å². The summed E-state index contributed by atoms with van der Waals surface area (Å²) in [6.07, 6.45) is 2.42. The van der Waals surface area contributed by atoms with Crippen LogP contribution in [0.5, 0.6) is 0 Å². The number of hydrogen-bond acceptors (Lipinski definition) is 6. The minimum absolute atomic E-state index is 0.0123. The van der Waals surface area contributed by atoms with Crippen LogP contribution in [0.3, 0.4) is 0 Å². The Morgan fingerprint density at radius 3 is 2.96 bits per heavy atom. The average molecular weight is 343 g/mol. The molecule has 3 atom stereocenters. The van der Waals surface area contributed by atoms with Crippen LogP contribution in [0.2, 0.25) is 0 Å². The zero-order valence-corrected chi connectivity index (χ0v) is 14.6. The standard InChI is InChI=1S/C19H25N3O3/c1-14-20-19(21-25-14)17-11-16-7-8-22(12-18(16)24-17)9-10-23-13-15-5-3-2-4-6-15/h2-6,16-18H,7-13H2,1H3/t16-,17-,18+/m0/s1. The normalized spacial score (nSPS) is 26.7. The molecule has 0 saturated carbocycles. The minimum atomic E-state index is -0.0123. The molecule has 0 unspecified atom stereocenters. The van der Waals surface area contributed by atoms with Crippen molar-refractivity contribution in [3.63, 3.8) is 0 Å². The zero-order chi connectivity index (χ0) is 17.1. The van der Waals surface area contributed by atoms with E-state index in [0.717, 1.165) is 39.1 Å². The third-order valence-electron chi connectivity index (χ3n) is 5.13. The topological polar surface area (TPSA) is 60.6 Å². The highest BCUT2D eigenvalue weighted by atomic mass is 16.5. The largest absolute Gasteiger partial charge is 0.375 e. The number of aryl methyl sites for hydroxylation is 1. The van der Waals surface area contributed by atoms with E-state index in [1.807, 2.05) is 25.1 Å². The van der Waals surface area contributed by atoms with E-state index in [4.69, 9.17) is 14.0 Å². The average Bonchev–Trinajstić information content (AvgIpc) is 3.25. The fourth-order valence-electron chi connectivity index (χ4n) is 3.77. The van der Waals surface area contributed by atoms with Crippen molar-refractivity contribution in [3.8, 4) is 0 Å². The molecule has 2 aliphatic heterocycles. The summed E-state index contributed by atoms with van der Waals surface area (Å²) in [5.41, 5.74) is 1.22. The number of aromatic nitrogens is 2. The Morgan fingerprint density at radius 2 is 2.16 bits per heavy atom. The van der Waals surface area contributed by atoms with Gasteiger partial charge in [-0.05, 0) is 30.9 Å². The first kappa shape index (κ1) is 16.7. The summed E-state index contributed by atoms with van der Waals surface area (Å²) >= 11 is 0. The molecule has 0 spiro atoms. The van der Waals surface area contributed by atoms with Crippen LogP contribution in [0.1, 0.15) is 36.2 Å². The van der Waals surface area contributed by atoms with Gasteiger partial charge in [0.05, 0.1) is 19.3 Å². The van der Waals surface area contributed by atoms with Crippen LogP contribution in [-0.4, -0.2) is 47.4 Å². The molecule has 1 aromatic heterocycles. The summed E-state index contributed by atoms with van der Waals surface area (Å²) in [5, 5.41) is 4.02. The lowest BCUT2D eigenvalue weighted by Gasteiger charge is -2.33. The van der Waals surface area contributed by atoms with Crippen molar-refractivity contribution in [2.24, 2.45) is 5.92 Å². The molecule has 2 saturated heterocycles. The molecular formula is C19H25N3O3. The quantitative estimate of drug-likeness (QED) is 0.752. The van der Waals surface area contributed by atoms with E-state index in [-0.39, 0.29) is 12.2 Å². The molecule has 6 heteroatoms. The molecule has 0 amide bonds. The van der Waals surface area contributed by atoms with E-state index in [2.05, 4.69) is 27.2 Å². The van der Waals surface area contributed by atoms with E-state index in [1.165, 1.54) is 5.56 Å². The van der Waals surface area contributed by atoms with Gasteiger partial charge in [-0.3, -0.25) is 4.90 Å². The molecule has 1 aromatic carbocycles. The van der Waals surface area contributed by atoms with Crippen molar-refractivity contribution in [2.75, 3.05) is 26.2 Å². The summed E-state index contributed by atoms with van der Waals surface area (Å²) in [6.45, 7) is 6.27. The fourth-order valence-corrected chi connectivity index (χ4v) is 3.77. The number of rotatable bonds is 6. The first-order valence-electron chi connectivity index (χ1n) is 9.07. The Kier molecular flexibility index (Phi) is 5.10. The molecule has 2 aliphatic rings. The van der Waals surface area contributed by atoms with Gasteiger partial charge in [0.25, 0.3) is 0 Å². The van der Waals surface area contributed by atoms with Gasteiger partial charge in [-0.2, -0.15) is 4.98 Å². The van der Waals surface area contributed by atoms with Crippen molar-refractivity contribution in [3.05, 3.63) is 47.6 Å². The maximum atomic E-state index is 6.20. The highest BCUT2D eigenvalue weighted by Crippen LogP contribution is 2.39. The number of piperidine rings is 1. The molecule has 2 fully saturated rings. The number of fused-ring (bicyclic) bond motifs is 1. The lowest BCUT2D eigenvalue weighted by Crippen LogP contribution is -2.43. The first-order valence-corrected chi connectivity index (χ1v) is 9.07. The molecule has 3 heterocycles. The van der Waals surface area contributed by atoms with E-state index in [0.29, 0.717) is 24.2 Å². The van der Waals surface area contributed by atoms with Crippen LogP contribution in [0.25, 0.3) is 0 Å². The van der Waals surface area contributed by atoms with Gasteiger partial charge < -0.3 is 14.0 Å². The lowest BCUT2D eigenvalue weighted by atomic mass is 9.92. The predicted octanol–water partition coefficient (Wildman–Crippen LogP) is 2.75. The smallest absolute Gasteiger partial charge is 0.223 e. The molecule has 0 radical (unpaired) electrons. The van der Waals surface area contributed by atoms with Crippen molar-refractivity contribution in [1.29, 1.82) is 0 Å². The number of nitrogens with zero attached hydrogens (tertiary/aromatic N) is 3. The van der Waals surface area contributed by atoms with Crippen molar-refractivity contribution in [2.45, 2.75) is 38.6 Å². The van der Waals surface area contributed by atoms with E-state index >= 15 is 0 Å². The van der Waals surface area contributed by atoms with Gasteiger partial charge >= 0.3 is 0 Å². The number of ether oxygens (including phenoxy) is 2. The molecule has 6 nitrogen and oxygen atoms in total. The molecule has 4 rings (SSSR count). The Balaban J connectivity index is 1.21. The maximum Gasteiger partial charge on any atom is 0.223 e. The lowest BCUT2D eigenvalue weighted by molar-refractivity contribution is -0.0178. The van der Waals surface area contributed by atoms with Crippen molar-refractivity contribution in [1.82, 2.24) is 15.0 Å². The maximum absolute atomic E-state index is 6.20.